The Morgan fingerprint density at radius 1 is 1.13 bits per heavy atom. The van der Waals surface area contributed by atoms with Gasteiger partial charge >= 0.3 is 5.69 Å². The lowest BCUT2D eigenvalue weighted by Crippen LogP contribution is -2.36. The number of hydrogen-bond acceptors (Lipinski definition) is 7. The van der Waals surface area contributed by atoms with E-state index < -0.39 is 47.3 Å². The van der Waals surface area contributed by atoms with Crippen molar-refractivity contribution in [2.24, 2.45) is 0 Å². The zero-order valence-electron chi connectivity index (χ0n) is 15.3. The van der Waals surface area contributed by atoms with Crippen molar-refractivity contribution in [3.8, 4) is 17.3 Å². The Balaban J connectivity index is 1.66. The molecule has 162 valence electrons. The molecule has 1 fully saturated rings. The van der Waals surface area contributed by atoms with Crippen LogP contribution in [0.5, 0.6) is 11.6 Å². The highest BCUT2D eigenvalue weighted by Gasteiger charge is 2.46. The van der Waals surface area contributed by atoms with Crippen LogP contribution in [0.2, 0.25) is 10.0 Å². The number of anilines is 1. The molecule has 3 aromatic rings. The van der Waals surface area contributed by atoms with Crippen molar-refractivity contribution in [1.29, 1.82) is 0 Å². The number of nitrogens with one attached hydrogen (secondary N) is 2. The lowest BCUT2D eigenvalue weighted by molar-refractivity contribution is -0.0870. The second-order valence-electron chi connectivity index (χ2n) is 6.85. The Hall–Kier alpha value is -3.25. The van der Waals surface area contributed by atoms with E-state index in [2.05, 4.69) is 15.3 Å². The molecule has 0 saturated heterocycles. The molecule has 4 rings (SSSR count). The second kappa shape index (κ2) is 7.46. The average Bonchev–Trinajstić information content (AvgIpc) is 2.66. The van der Waals surface area contributed by atoms with Gasteiger partial charge in [-0.15, -0.1) is 10.2 Å². The molecule has 2 aromatic heterocycles. The number of benzene rings is 1. The molecule has 4 N–H and O–H groups in total. The third-order valence-corrected chi connectivity index (χ3v) is 5.19. The standard InChI is InChI=1S/C17H12Cl2F2N6O4/c18-9-1-7(27-16(30)23-15(29)13(22)26-27)2-10(19)12(9)31-11-3-8(14(28)25-24-11)6-4-17(20,21)5-6/h1-3,6H,4-5H2,(H2,22,26)(H,25,28)(H,23,29,30). The Labute approximate surface area is 180 Å². The molecule has 1 aliphatic carbocycles. The molecule has 31 heavy (non-hydrogen) atoms. The van der Waals surface area contributed by atoms with Gasteiger partial charge in [0.2, 0.25) is 17.6 Å². The van der Waals surface area contributed by atoms with Crippen molar-refractivity contribution < 1.29 is 13.5 Å². The van der Waals surface area contributed by atoms with Crippen LogP contribution in [0.4, 0.5) is 14.6 Å². The minimum absolute atomic E-state index is 0.0642. The molecule has 10 nitrogen and oxygen atoms in total. The van der Waals surface area contributed by atoms with Crippen LogP contribution in [-0.2, 0) is 0 Å². The van der Waals surface area contributed by atoms with Gasteiger partial charge in [-0.25, -0.2) is 18.7 Å². The smallest absolute Gasteiger partial charge is 0.349 e. The van der Waals surface area contributed by atoms with Gasteiger partial charge in [-0.1, -0.05) is 23.2 Å². The molecule has 0 atom stereocenters. The normalized spacial score (nSPS) is 15.5. The van der Waals surface area contributed by atoms with Crippen LogP contribution in [-0.4, -0.2) is 30.9 Å². The zero-order valence-corrected chi connectivity index (χ0v) is 16.8. The van der Waals surface area contributed by atoms with Gasteiger partial charge in [0.05, 0.1) is 15.7 Å². The summed E-state index contributed by atoms with van der Waals surface area (Å²) in [6.45, 7) is 0. The van der Waals surface area contributed by atoms with Crippen LogP contribution in [0.1, 0.15) is 24.3 Å². The predicted octanol–water partition coefficient (Wildman–Crippen LogP) is 2.20. The minimum atomic E-state index is -2.80. The summed E-state index contributed by atoms with van der Waals surface area (Å²) in [4.78, 5) is 37.3. The molecule has 0 unspecified atom stereocenters. The van der Waals surface area contributed by atoms with E-state index in [0.717, 1.165) is 4.68 Å². The maximum atomic E-state index is 13.2. The van der Waals surface area contributed by atoms with E-state index in [9.17, 15) is 23.2 Å². The molecule has 1 aromatic carbocycles. The average molecular weight is 473 g/mol. The summed E-state index contributed by atoms with van der Waals surface area (Å²) < 4.78 is 32.7. The summed E-state index contributed by atoms with van der Waals surface area (Å²) in [6, 6.07) is 3.79. The summed E-state index contributed by atoms with van der Waals surface area (Å²) in [7, 11) is 0. The van der Waals surface area contributed by atoms with Crippen molar-refractivity contribution in [3.63, 3.8) is 0 Å². The van der Waals surface area contributed by atoms with E-state index in [1.807, 2.05) is 4.98 Å². The molecule has 2 heterocycles. The molecular weight excluding hydrogens is 461 g/mol. The Morgan fingerprint density at radius 3 is 2.39 bits per heavy atom. The van der Waals surface area contributed by atoms with Crippen LogP contribution in [0.25, 0.3) is 5.69 Å². The monoisotopic (exact) mass is 472 g/mol. The van der Waals surface area contributed by atoms with Gasteiger partial charge in [0.1, 0.15) is 0 Å². The van der Waals surface area contributed by atoms with Crippen molar-refractivity contribution in [1.82, 2.24) is 25.0 Å². The highest BCUT2D eigenvalue weighted by Crippen LogP contribution is 2.47. The predicted molar refractivity (Wildman–Crippen MR) is 107 cm³/mol. The van der Waals surface area contributed by atoms with Crippen LogP contribution >= 0.6 is 23.2 Å². The Bertz CT molecular complexity index is 1340. The number of nitrogens with zero attached hydrogens (tertiary/aromatic N) is 3. The van der Waals surface area contributed by atoms with E-state index in [1.165, 1.54) is 18.2 Å². The molecule has 1 saturated carbocycles. The molecule has 14 heteroatoms. The number of ether oxygens (including phenoxy) is 1. The van der Waals surface area contributed by atoms with Gasteiger partial charge in [-0.3, -0.25) is 14.6 Å². The largest absolute Gasteiger partial charge is 0.434 e. The first kappa shape index (κ1) is 21.0. The summed E-state index contributed by atoms with van der Waals surface area (Å²) in [6.07, 6.45) is -0.889. The number of nitrogen functional groups attached to an aromatic ring is 1. The topological polar surface area (TPSA) is 149 Å². The van der Waals surface area contributed by atoms with Crippen LogP contribution in [0.3, 0.4) is 0 Å². The third kappa shape index (κ3) is 4.03. The van der Waals surface area contributed by atoms with Crippen molar-refractivity contribution in [3.05, 3.63) is 65.0 Å². The molecular formula is C17H12Cl2F2N6O4. The first-order valence-corrected chi connectivity index (χ1v) is 9.43. The van der Waals surface area contributed by atoms with Crippen molar-refractivity contribution in [2.45, 2.75) is 24.7 Å². The summed E-state index contributed by atoms with van der Waals surface area (Å²) in [5.41, 5.74) is 3.31. The first-order valence-electron chi connectivity index (χ1n) is 8.68. The summed E-state index contributed by atoms with van der Waals surface area (Å²) in [5.74, 6) is -4.06. The first-order chi connectivity index (χ1) is 14.5. The van der Waals surface area contributed by atoms with E-state index in [-0.39, 0.29) is 32.9 Å². The highest BCUT2D eigenvalue weighted by molar-refractivity contribution is 6.37. The number of aromatic amines is 2. The van der Waals surface area contributed by atoms with Gasteiger partial charge in [0, 0.05) is 30.4 Å². The van der Waals surface area contributed by atoms with Gasteiger partial charge < -0.3 is 10.5 Å². The fraction of sp³-hybridized carbons (Fsp3) is 0.235. The summed E-state index contributed by atoms with van der Waals surface area (Å²) in [5, 5.41) is 9.46. The second-order valence-corrected chi connectivity index (χ2v) is 7.66. The number of hydrogen-bond donors (Lipinski definition) is 3. The van der Waals surface area contributed by atoms with E-state index in [0.29, 0.717) is 0 Å². The molecule has 0 spiro atoms. The molecule has 1 aliphatic rings. The quantitative estimate of drug-likeness (QED) is 0.526. The molecule has 0 amide bonds. The number of rotatable bonds is 4. The minimum Gasteiger partial charge on any atom is -0.434 e. The lowest BCUT2D eigenvalue weighted by Gasteiger charge is -2.34. The maximum absolute atomic E-state index is 13.2. The molecule has 0 aliphatic heterocycles. The molecule has 0 bridgehead atoms. The van der Waals surface area contributed by atoms with Crippen molar-refractivity contribution in [2.75, 3.05) is 5.73 Å². The molecule has 0 radical (unpaired) electrons. The Morgan fingerprint density at radius 2 is 1.77 bits per heavy atom. The number of aromatic nitrogens is 5. The number of nitrogens with two attached hydrogens (primary N) is 1. The Kier molecular flexibility index (Phi) is 5.06. The van der Waals surface area contributed by atoms with Crippen LogP contribution in [0, 0.1) is 0 Å². The van der Waals surface area contributed by atoms with Crippen molar-refractivity contribution >= 4 is 29.0 Å². The SMILES string of the molecule is Nc1nn(-c2cc(Cl)c(Oc3cc(C4CC(F)(F)C4)c(=O)[nH]n3)c(Cl)c2)c(=O)[nH]c1=O. The number of H-pyrrole nitrogens is 2. The van der Waals surface area contributed by atoms with Gasteiger partial charge in [-0.05, 0) is 12.1 Å². The maximum Gasteiger partial charge on any atom is 0.349 e. The van der Waals surface area contributed by atoms with Crippen LogP contribution < -0.4 is 27.3 Å². The number of halogens is 4. The van der Waals surface area contributed by atoms with E-state index in [1.54, 1.807) is 0 Å². The third-order valence-electron chi connectivity index (χ3n) is 4.63. The lowest BCUT2D eigenvalue weighted by atomic mass is 9.77. The van der Waals surface area contributed by atoms with E-state index in [4.69, 9.17) is 33.7 Å². The van der Waals surface area contributed by atoms with Gasteiger partial charge in [-0.2, -0.15) is 4.68 Å². The van der Waals surface area contributed by atoms with Gasteiger partial charge in [0.15, 0.2) is 5.75 Å². The zero-order chi connectivity index (χ0) is 22.5. The fourth-order valence-corrected chi connectivity index (χ4v) is 3.65. The van der Waals surface area contributed by atoms with E-state index >= 15 is 0 Å². The fourth-order valence-electron chi connectivity index (χ4n) is 3.10. The number of alkyl halides is 2. The summed E-state index contributed by atoms with van der Waals surface area (Å²) >= 11 is 12.4. The van der Waals surface area contributed by atoms with Crippen LogP contribution in [0.15, 0.2) is 32.6 Å². The van der Waals surface area contributed by atoms with Gasteiger partial charge in [0.25, 0.3) is 11.1 Å². The highest BCUT2D eigenvalue weighted by atomic mass is 35.5.